The van der Waals surface area contributed by atoms with Gasteiger partial charge in [-0.25, -0.2) is 4.68 Å². The molecule has 168 valence electrons. The zero-order valence-electron chi connectivity index (χ0n) is 18.4. The molecule has 4 rings (SSSR count). The van der Waals surface area contributed by atoms with E-state index in [4.69, 9.17) is 0 Å². The molecule has 0 saturated carbocycles. The van der Waals surface area contributed by atoms with Crippen molar-refractivity contribution >= 4 is 23.7 Å². The number of para-hydroxylation sites is 2. The number of benzene rings is 2. The van der Waals surface area contributed by atoms with Gasteiger partial charge in [0.25, 0.3) is 11.1 Å². The minimum Gasteiger partial charge on any atom is -0.298 e. The van der Waals surface area contributed by atoms with E-state index >= 15 is 0 Å². The number of aromatic nitrogens is 5. The van der Waals surface area contributed by atoms with Crippen molar-refractivity contribution in [1.82, 2.24) is 25.0 Å². The van der Waals surface area contributed by atoms with Crippen LogP contribution in [0, 0.1) is 6.92 Å². The molecule has 0 unspecified atom stereocenters. The number of hydrogen-bond acceptors (Lipinski definition) is 6. The molecule has 2 N–H and O–H groups in total. The van der Waals surface area contributed by atoms with Crippen molar-refractivity contribution in [3.63, 3.8) is 0 Å². The van der Waals surface area contributed by atoms with Crippen LogP contribution in [0.25, 0.3) is 16.9 Å². The smallest absolute Gasteiger partial charge is 0.280 e. The van der Waals surface area contributed by atoms with Crippen LogP contribution in [0.1, 0.15) is 31.0 Å². The average Bonchev–Trinajstić information content (AvgIpc) is 3.12. The molecule has 33 heavy (non-hydrogen) atoms. The molecule has 0 aliphatic rings. The molecule has 0 spiro atoms. The molecule has 0 saturated heterocycles. The summed E-state index contributed by atoms with van der Waals surface area (Å²) in [6.45, 7) is 3.93. The molecule has 9 heteroatoms. The first-order valence-electron chi connectivity index (χ1n) is 10.7. The minimum absolute atomic E-state index is 0.190. The maximum absolute atomic E-state index is 12.9. The van der Waals surface area contributed by atoms with E-state index in [0.29, 0.717) is 27.7 Å². The summed E-state index contributed by atoms with van der Waals surface area (Å²) in [7, 11) is 0. The van der Waals surface area contributed by atoms with Crippen LogP contribution in [-0.4, -0.2) is 36.9 Å². The number of H-pyrrole nitrogens is 2. The third-order valence-electron chi connectivity index (χ3n) is 5.04. The highest BCUT2D eigenvalue weighted by Gasteiger charge is 2.13. The summed E-state index contributed by atoms with van der Waals surface area (Å²) in [5.74, 6) is 0.873. The second kappa shape index (κ2) is 10.3. The highest BCUT2D eigenvalue weighted by molar-refractivity contribution is 7.99. The lowest BCUT2D eigenvalue weighted by Crippen LogP contribution is -2.17. The standard InChI is InChI=1S/C24H24N6O2S/c1-3-4-14-33-24-26-22(31)21(27-28-24)18-12-8-9-13-20(18)25-15-19-16(2)29-30(23(19)32)17-10-6-5-7-11-17/h5-13,15,29H,3-4,14H2,1-2H3,(H,26,28,31). The zero-order valence-corrected chi connectivity index (χ0v) is 19.2. The Balaban J connectivity index is 1.65. The Morgan fingerprint density at radius 1 is 1.06 bits per heavy atom. The molecule has 0 bridgehead atoms. The van der Waals surface area contributed by atoms with Gasteiger partial charge in [0.1, 0.15) is 0 Å². The van der Waals surface area contributed by atoms with Crippen molar-refractivity contribution in [3.05, 3.63) is 86.6 Å². The van der Waals surface area contributed by atoms with E-state index in [-0.39, 0.29) is 16.8 Å². The number of thioether (sulfide) groups is 1. The fraction of sp³-hybridized carbons (Fsp3) is 0.208. The molecule has 0 fully saturated rings. The Kier molecular flexibility index (Phi) is 6.99. The molecule has 8 nitrogen and oxygen atoms in total. The summed E-state index contributed by atoms with van der Waals surface area (Å²) in [6, 6.07) is 16.5. The van der Waals surface area contributed by atoms with E-state index in [1.165, 1.54) is 22.7 Å². The summed E-state index contributed by atoms with van der Waals surface area (Å²) in [5, 5.41) is 11.9. The molecule has 0 aliphatic heterocycles. The van der Waals surface area contributed by atoms with Crippen LogP contribution in [0.5, 0.6) is 0 Å². The quantitative estimate of drug-likeness (QED) is 0.232. The van der Waals surface area contributed by atoms with Gasteiger partial charge >= 0.3 is 0 Å². The van der Waals surface area contributed by atoms with Crippen LogP contribution >= 0.6 is 11.8 Å². The Hall–Kier alpha value is -3.72. The predicted octanol–water partition coefficient (Wildman–Crippen LogP) is 4.26. The van der Waals surface area contributed by atoms with E-state index in [1.807, 2.05) is 49.4 Å². The first-order chi connectivity index (χ1) is 16.1. The molecule has 0 aliphatic carbocycles. The normalized spacial score (nSPS) is 11.3. The second-order valence-corrected chi connectivity index (χ2v) is 8.50. The fourth-order valence-electron chi connectivity index (χ4n) is 3.27. The lowest BCUT2D eigenvalue weighted by molar-refractivity contribution is 0.819. The van der Waals surface area contributed by atoms with Gasteiger partial charge in [0, 0.05) is 23.2 Å². The van der Waals surface area contributed by atoms with Gasteiger partial charge < -0.3 is 0 Å². The SMILES string of the molecule is CCCCSc1nnc(-c2ccccc2N=Cc2c(C)[nH]n(-c3ccccc3)c2=O)c(=O)[nH]1. The molecular formula is C24H24N6O2S. The lowest BCUT2D eigenvalue weighted by Gasteiger charge is -2.05. The molecule has 0 amide bonds. The van der Waals surface area contributed by atoms with Crippen molar-refractivity contribution in [1.29, 1.82) is 0 Å². The monoisotopic (exact) mass is 460 g/mol. The summed E-state index contributed by atoms with van der Waals surface area (Å²) < 4.78 is 1.48. The van der Waals surface area contributed by atoms with E-state index in [2.05, 4.69) is 32.2 Å². The maximum Gasteiger partial charge on any atom is 0.280 e. The van der Waals surface area contributed by atoms with E-state index in [9.17, 15) is 9.59 Å². The summed E-state index contributed by atoms with van der Waals surface area (Å²) in [5.41, 5.74) is 2.60. The van der Waals surface area contributed by atoms with Crippen LogP contribution in [0.15, 0.2) is 74.3 Å². The third kappa shape index (κ3) is 5.04. The van der Waals surface area contributed by atoms with Gasteiger partial charge in [-0.2, -0.15) is 0 Å². The Labute approximate surface area is 194 Å². The van der Waals surface area contributed by atoms with Crippen molar-refractivity contribution in [2.45, 2.75) is 31.8 Å². The lowest BCUT2D eigenvalue weighted by atomic mass is 10.1. The van der Waals surface area contributed by atoms with Crippen LogP contribution in [0.2, 0.25) is 0 Å². The van der Waals surface area contributed by atoms with Crippen LogP contribution < -0.4 is 11.1 Å². The summed E-state index contributed by atoms with van der Waals surface area (Å²) in [6.07, 6.45) is 3.63. The topological polar surface area (TPSA) is 109 Å². The first kappa shape index (κ1) is 22.5. The Morgan fingerprint density at radius 3 is 2.58 bits per heavy atom. The third-order valence-corrected chi connectivity index (χ3v) is 5.99. The van der Waals surface area contributed by atoms with E-state index in [1.54, 1.807) is 12.1 Å². The number of nitrogens with one attached hydrogen (secondary N) is 2. The van der Waals surface area contributed by atoms with Crippen molar-refractivity contribution in [2.75, 3.05) is 5.75 Å². The van der Waals surface area contributed by atoms with Gasteiger partial charge in [-0.1, -0.05) is 61.5 Å². The molecule has 2 heterocycles. The van der Waals surface area contributed by atoms with Crippen molar-refractivity contribution < 1.29 is 0 Å². The number of aryl methyl sites for hydroxylation is 1. The summed E-state index contributed by atoms with van der Waals surface area (Å²) in [4.78, 5) is 32.9. The van der Waals surface area contributed by atoms with Crippen LogP contribution in [0.4, 0.5) is 5.69 Å². The largest absolute Gasteiger partial charge is 0.298 e. The first-order valence-corrected chi connectivity index (χ1v) is 11.7. The molecular weight excluding hydrogens is 436 g/mol. The van der Waals surface area contributed by atoms with Gasteiger partial charge in [-0.3, -0.25) is 24.7 Å². The highest BCUT2D eigenvalue weighted by Crippen LogP contribution is 2.26. The van der Waals surface area contributed by atoms with Gasteiger partial charge in [0.15, 0.2) is 10.9 Å². The average molecular weight is 461 g/mol. The molecule has 4 aromatic rings. The number of nitrogens with zero attached hydrogens (tertiary/aromatic N) is 4. The Bertz CT molecular complexity index is 1390. The van der Waals surface area contributed by atoms with Crippen molar-refractivity contribution in [3.8, 4) is 16.9 Å². The van der Waals surface area contributed by atoms with E-state index < -0.39 is 0 Å². The molecule has 0 radical (unpaired) electrons. The molecule has 2 aromatic heterocycles. The minimum atomic E-state index is -0.323. The van der Waals surface area contributed by atoms with E-state index in [0.717, 1.165) is 24.3 Å². The molecule has 2 aromatic carbocycles. The van der Waals surface area contributed by atoms with Gasteiger partial charge in [-0.15, -0.1) is 10.2 Å². The number of hydrogen-bond donors (Lipinski definition) is 2. The number of aromatic amines is 2. The van der Waals surface area contributed by atoms with Gasteiger partial charge in [0.2, 0.25) is 0 Å². The van der Waals surface area contributed by atoms with Crippen LogP contribution in [0.3, 0.4) is 0 Å². The summed E-state index contributed by atoms with van der Waals surface area (Å²) >= 11 is 1.48. The van der Waals surface area contributed by atoms with Gasteiger partial charge in [0.05, 0.1) is 16.9 Å². The number of unbranched alkanes of at least 4 members (excludes halogenated alkanes) is 1. The van der Waals surface area contributed by atoms with Gasteiger partial charge in [-0.05, 0) is 31.5 Å². The zero-order chi connectivity index (χ0) is 23.2. The Morgan fingerprint density at radius 2 is 1.82 bits per heavy atom. The fourth-order valence-corrected chi connectivity index (χ4v) is 4.16. The van der Waals surface area contributed by atoms with Crippen molar-refractivity contribution in [2.24, 2.45) is 4.99 Å². The highest BCUT2D eigenvalue weighted by atomic mass is 32.2. The molecule has 0 atom stereocenters. The maximum atomic E-state index is 12.9. The number of aliphatic imine (C=N–C) groups is 1. The number of rotatable bonds is 8. The predicted molar refractivity (Wildman–Crippen MR) is 132 cm³/mol. The van der Waals surface area contributed by atoms with Crippen LogP contribution in [-0.2, 0) is 0 Å². The second-order valence-electron chi connectivity index (χ2n) is 7.41.